The Kier molecular flexibility index (Phi) is 20.8. The Hall–Kier alpha value is -0.120. The molecule has 0 spiro atoms. The normalized spacial score (nSPS) is 12.6. The van der Waals surface area contributed by atoms with Gasteiger partial charge in [0.2, 0.25) is 0 Å². The third-order valence-corrected chi connectivity index (χ3v) is 3.06. The number of aliphatic hydroxyl groups excluding tert-OH is 1. The predicted octanol–water partition coefficient (Wildman–Crippen LogP) is 1.62. The number of aliphatic hydroxyl groups is 1. The molecule has 0 radical (unpaired) electrons. The van der Waals surface area contributed by atoms with Gasteiger partial charge in [0.05, 0.1) is 19.8 Å². The predicted molar refractivity (Wildman–Crippen MR) is 102 cm³/mol. The maximum atomic E-state index is 9.07. The highest BCUT2D eigenvalue weighted by Crippen LogP contribution is 2.10. The van der Waals surface area contributed by atoms with Gasteiger partial charge in [-0.2, -0.15) is 0 Å². The minimum atomic E-state index is 0. The second kappa shape index (κ2) is 18.9. The summed E-state index contributed by atoms with van der Waals surface area (Å²) in [6.07, 6.45) is 3.04. The second-order valence-corrected chi connectivity index (χ2v) is 4.92. The fourth-order valence-corrected chi connectivity index (χ4v) is 1.97. The van der Waals surface area contributed by atoms with Gasteiger partial charge in [0.25, 0.3) is 0 Å². The topological polar surface area (TPSA) is 75.1 Å². The summed E-state index contributed by atoms with van der Waals surface area (Å²) in [7, 11) is 1.66. The largest absolute Gasteiger partial charge is 0.396 e. The van der Waals surface area contributed by atoms with Crippen LogP contribution in [0.4, 0.5) is 0 Å². The van der Waals surface area contributed by atoms with Gasteiger partial charge in [-0.05, 0) is 25.7 Å². The first kappa shape index (κ1) is 24.1. The minimum Gasteiger partial charge on any atom is -0.396 e. The lowest BCUT2D eigenvalue weighted by molar-refractivity contribution is 0.0733. The lowest BCUT2D eigenvalue weighted by Gasteiger charge is -2.15. The van der Waals surface area contributed by atoms with Gasteiger partial charge in [-0.15, -0.1) is 24.0 Å². The standard InChI is InChI=1S/C15H33N3O3.HI/c1-4-6-14(7-9-19)13-18-15(16-5-2)17-8-10-21-12-11-20-3;/h14,19H,4-13H2,1-3H3,(H2,16,17,18);1H. The van der Waals surface area contributed by atoms with Crippen LogP contribution in [0.15, 0.2) is 4.99 Å². The highest BCUT2D eigenvalue weighted by atomic mass is 127. The molecule has 3 N–H and O–H groups in total. The molecule has 0 fully saturated rings. The minimum absolute atomic E-state index is 0. The van der Waals surface area contributed by atoms with Crippen molar-refractivity contribution in [2.45, 2.75) is 33.1 Å². The molecule has 0 aromatic carbocycles. The smallest absolute Gasteiger partial charge is 0.191 e. The van der Waals surface area contributed by atoms with Crippen LogP contribution < -0.4 is 10.6 Å². The van der Waals surface area contributed by atoms with Crippen LogP contribution in [0.1, 0.15) is 33.1 Å². The molecular weight excluding hydrogens is 397 g/mol. The van der Waals surface area contributed by atoms with Gasteiger partial charge >= 0.3 is 0 Å². The van der Waals surface area contributed by atoms with Gasteiger partial charge < -0.3 is 25.2 Å². The SMILES string of the molecule is CCCC(CCO)CN=C(NCC)NCCOCCOC.I. The summed E-state index contributed by atoms with van der Waals surface area (Å²) in [5.74, 6) is 1.26. The third-order valence-electron chi connectivity index (χ3n) is 3.06. The van der Waals surface area contributed by atoms with E-state index in [9.17, 15) is 0 Å². The van der Waals surface area contributed by atoms with Crippen LogP contribution >= 0.6 is 24.0 Å². The molecule has 0 saturated carbocycles. The highest BCUT2D eigenvalue weighted by Gasteiger charge is 2.07. The van der Waals surface area contributed by atoms with Crippen LogP contribution in [0.25, 0.3) is 0 Å². The molecule has 7 heteroatoms. The number of guanidine groups is 1. The molecule has 0 aliphatic rings. The van der Waals surface area contributed by atoms with Crippen molar-refractivity contribution in [3.05, 3.63) is 0 Å². The van der Waals surface area contributed by atoms with Gasteiger partial charge in [0.15, 0.2) is 5.96 Å². The summed E-state index contributed by atoms with van der Waals surface area (Å²) >= 11 is 0. The number of halogens is 1. The molecule has 1 unspecified atom stereocenters. The molecule has 0 aliphatic carbocycles. The van der Waals surface area contributed by atoms with Gasteiger partial charge in [-0.1, -0.05) is 13.3 Å². The summed E-state index contributed by atoms with van der Waals surface area (Å²) in [6, 6.07) is 0. The van der Waals surface area contributed by atoms with Crippen LogP contribution in [-0.4, -0.2) is 64.2 Å². The van der Waals surface area contributed by atoms with E-state index in [0.717, 1.165) is 38.3 Å². The van der Waals surface area contributed by atoms with E-state index in [2.05, 4.69) is 22.5 Å². The zero-order valence-corrected chi connectivity index (χ0v) is 16.6. The highest BCUT2D eigenvalue weighted by molar-refractivity contribution is 14.0. The summed E-state index contributed by atoms with van der Waals surface area (Å²) in [5, 5.41) is 15.5. The monoisotopic (exact) mass is 431 g/mol. The van der Waals surface area contributed by atoms with Gasteiger partial charge in [0.1, 0.15) is 0 Å². The number of nitrogens with zero attached hydrogens (tertiary/aromatic N) is 1. The van der Waals surface area contributed by atoms with Gasteiger partial charge in [-0.25, -0.2) is 0 Å². The van der Waals surface area contributed by atoms with Crippen LogP contribution in [0, 0.1) is 5.92 Å². The molecule has 6 nitrogen and oxygen atoms in total. The van der Waals surface area contributed by atoms with E-state index in [1.165, 1.54) is 0 Å². The summed E-state index contributed by atoms with van der Waals surface area (Å²) in [4.78, 5) is 4.59. The lowest BCUT2D eigenvalue weighted by atomic mass is 10.0. The van der Waals surface area contributed by atoms with Crippen LogP contribution in [0.5, 0.6) is 0 Å². The molecule has 134 valence electrons. The van der Waals surface area contributed by atoms with Crippen LogP contribution in [-0.2, 0) is 9.47 Å². The van der Waals surface area contributed by atoms with Crippen molar-refractivity contribution in [3.63, 3.8) is 0 Å². The first-order valence-corrected chi connectivity index (χ1v) is 7.98. The van der Waals surface area contributed by atoms with Gasteiger partial charge in [0, 0.05) is 33.4 Å². The Labute approximate surface area is 152 Å². The molecule has 22 heavy (non-hydrogen) atoms. The Morgan fingerprint density at radius 3 is 2.50 bits per heavy atom. The first-order chi connectivity index (χ1) is 10.3. The molecule has 0 heterocycles. The van der Waals surface area contributed by atoms with E-state index in [0.29, 0.717) is 32.3 Å². The summed E-state index contributed by atoms with van der Waals surface area (Å²) in [5.41, 5.74) is 0. The average Bonchev–Trinajstić information content (AvgIpc) is 2.48. The number of hydrogen-bond donors (Lipinski definition) is 3. The van der Waals surface area contributed by atoms with Crippen molar-refractivity contribution in [2.75, 3.05) is 53.2 Å². The molecule has 0 amide bonds. The second-order valence-electron chi connectivity index (χ2n) is 4.92. The molecule has 0 rings (SSSR count). The number of methoxy groups -OCH3 is 1. The Morgan fingerprint density at radius 2 is 1.91 bits per heavy atom. The first-order valence-electron chi connectivity index (χ1n) is 7.98. The van der Waals surface area contributed by atoms with Crippen molar-refractivity contribution in [3.8, 4) is 0 Å². The van der Waals surface area contributed by atoms with Crippen molar-refractivity contribution in [1.82, 2.24) is 10.6 Å². The van der Waals surface area contributed by atoms with Gasteiger partial charge in [-0.3, -0.25) is 4.99 Å². The van der Waals surface area contributed by atoms with E-state index in [4.69, 9.17) is 14.6 Å². The van der Waals surface area contributed by atoms with E-state index in [-0.39, 0.29) is 30.6 Å². The van der Waals surface area contributed by atoms with E-state index in [1.54, 1.807) is 7.11 Å². The van der Waals surface area contributed by atoms with E-state index < -0.39 is 0 Å². The molecule has 0 aromatic heterocycles. The number of hydrogen-bond acceptors (Lipinski definition) is 4. The molecule has 1 atom stereocenters. The van der Waals surface area contributed by atoms with Crippen LogP contribution in [0.2, 0.25) is 0 Å². The van der Waals surface area contributed by atoms with E-state index in [1.807, 2.05) is 6.92 Å². The fraction of sp³-hybridized carbons (Fsp3) is 0.933. The molecule has 0 aliphatic heterocycles. The molecule has 0 bridgehead atoms. The maximum absolute atomic E-state index is 9.07. The third kappa shape index (κ3) is 14.8. The average molecular weight is 431 g/mol. The van der Waals surface area contributed by atoms with Crippen molar-refractivity contribution >= 4 is 29.9 Å². The number of ether oxygens (including phenoxy) is 2. The Bertz CT molecular complexity index is 250. The lowest BCUT2D eigenvalue weighted by Crippen LogP contribution is -2.39. The number of nitrogens with one attached hydrogen (secondary N) is 2. The van der Waals surface area contributed by atoms with Crippen molar-refractivity contribution in [2.24, 2.45) is 10.9 Å². The van der Waals surface area contributed by atoms with Crippen molar-refractivity contribution < 1.29 is 14.6 Å². The number of aliphatic imine (C=N–C) groups is 1. The number of rotatable bonds is 13. The summed E-state index contributed by atoms with van der Waals surface area (Å²) in [6.45, 7) is 8.59. The summed E-state index contributed by atoms with van der Waals surface area (Å²) < 4.78 is 10.3. The quantitative estimate of drug-likeness (QED) is 0.179. The zero-order valence-electron chi connectivity index (χ0n) is 14.3. The van der Waals surface area contributed by atoms with E-state index >= 15 is 0 Å². The molecule has 0 saturated heterocycles. The van der Waals surface area contributed by atoms with Crippen LogP contribution in [0.3, 0.4) is 0 Å². The Balaban J connectivity index is 0. The molecular formula is C15H34IN3O3. The van der Waals surface area contributed by atoms with Crippen molar-refractivity contribution in [1.29, 1.82) is 0 Å². The fourth-order valence-electron chi connectivity index (χ4n) is 1.97. The molecule has 0 aromatic rings. The zero-order chi connectivity index (χ0) is 15.8. The maximum Gasteiger partial charge on any atom is 0.191 e. The Morgan fingerprint density at radius 1 is 1.14 bits per heavy atom.